The third kappa shape index (κ3) is 3.92. The Bertz CT molecular complexity index is 1260. The van der Waals surface area contributed by atoms with Crippen LogP contribution in [0.4, 0.5) is 4.39 Å². The van der Waals surface area contributed by atoms with E-state index in [0.29, 0.717) is 46.4 Å². The number of hydrogen-bond acceptors (Lipinski definition) is 5. The molecule has 172 valence electrons. The maximum absolute atomic E-state index is 14.8. The molecule has 1 heterocycles. The number of carbonyl (C=O) groups excluding carboxylic acids is 1. The first-order valence-electron chi connectivity index (χ1n) is 11.0. The smallest absolute Gasteiger partial charge is 0.238 e. The van der Waals surface area contributed by atoms with Gasteiger partial charge in [0.15, 0.2) is 0 Å². The van der Waals surface area contributed by atoms with Gasteiger partial charge in [-0.3, -0.25) is 4.79 Å². The summed E-state index contributed by atoms with van der Waals surface area (Å²) in [5, 5.41) is 20.9. The predicted molar refractivity (Wildman–Crippen MR) is 119 cm³/mol. The first-order chi connectivity index (χ1) is 15.7. The molecule has 1 aliphatic heterocycles. The number of piperidine rings is 1. The zero-order chi connectivity index (χ0) is 23.5. The molecule has 0 radical (unpaired) electrons. The van der Waals surface area contributed by atoms with Crippen molar-refractivity contribution in [2.24, 2.45) is 28.8 Å². The molecule has 2 aromatic rings. The van der Waals surface area contributed by atoms with Crippen molar-refractivity contribution < 1.29 is 17.6 Å². The molecule has 2 saturated carbocycles. The van der Waals surface area contributed by atoms with E-state index >= 15 is 0 Å². The minimum atomic E-state index is -3.80. The number of sulfonamides is 1. The summed E-state index contributed by atoms with van der Waals surface area (Å²) >= 11 is 0. The quantitative estimate of drug-likeness (QED) is 0.597. The van der Waals surface area contributed by atoms with Gasteiger partial charge in [-0.2, -0.15) is 5.26 Å². The van der Waals surface area contributed by atoms with Crippen LogP contribution in [-0.2, 0) is 21.2 Å². The molecule has 33 heavy (non-hydrogen) atoms. The molecule has 9 heteroatoms. The number of nitrogens with one attached hydrogen (secondary N) is 2. The van der Waals surface area contributed by atoms with Crippen molar-refractivity contribution >= 4 is 15.9 Å². The maximum Gasteiger partial charge on any atom is 0.238 e. The van der Waals surface area contributed by atoms with Crippen molar-refractivity contribution in [3.63, 3.8) is 0 Å². The van der Waals surface area contributed by atoms with Crippen LogP contribution in [0.25, 0.3) is 11.1 Å². The molecule has 7 atom stereocenters. The molecular weight excluding hydrogens is 443 g/mol. The molecule has 0 unspecified atom stereocenters. The lowest BCUT2D eigenvalue weighted by atomic mass is 9.94. The van der Waals surface area contributed by atoms with E-state index in [1.54, 1.807) is 24.3 Å². The summed E-state index contributed by atoms with van der Waals surface area (Å²) in [6, 6.07) is 11.8. The Morgan fingerprint density at radius 2 is 1.94 bits per heavy atom. The SMILES string of the molecule is C[C@H]1[C@H]2[C@H]3C[C@H](N[C@@H]3C(=O)N[C@H](C#N)Cc3ccc(-c4ccc(S(N)(=O)=O)cc4)cc3F)[C@@H]12. The van der Waals surface area contributed by atoms with E-state index in [1.165, 1.54) is 18.2 Å². The molecule has 7 nitrogen and oxygen atoms in total. The number of rotatable bonds is 6. The second-order valence-electron chi connectivity index (χ2n) is 9.43. The monoisotopic (exact) mass is 468 g/mol. The van der Waals surface area contributed by atoms with E-state index in [9.17, 15) is 22.9 Å². The van der Waals surface area contributed by atoms with Gasteiger partial charge in [0.05, 0.1) is 17.0 Å². The maximum atomic E-state index is 14.8. The van der Waals surface area contributed by atoms with Gasteiger partial charge in [-0.15, -0.1) is 0 Å². The summed E-state index contributed by atoms with van der Waals surface area (Å²) in [6.45, 7) is 2.23. The van der Waals surface area contributed by atoms with E-state index < -0.39 is 21.9 Å². The molecule has 3 aliphatic rings. The van der Waals surface area contributed by atoms with E-state index in [4.69, 9.17) is 5.14 Å². The molecule has 3 fully saturated rings. The van der Waals surface area contributed by atoms with Crippen LogP contribution in [-0.4, -0.2) is 32.5 Å². The van der Waals surface area contributed by atoms with Gasteiger partial charge in [0.25, 0.3) is 0 Å². The highest BCUT2D eigenvalue weighted by molar-refractivity contribution is 7.89. The Hall–Kier alpha value is -2.80. The summed E-state index contributed by atoms with van der Waals surface area (Å²) in [5.41, 5.74) is 1.52. The Kier molecular flexibility index (Phi) is 5.27. The standard InChI is InChI=1S/C24H25FN4O3S/c1-12-21-18-10-20(22(12)21)29-23(18)24(30)28-16(11-26)8-15-3-2-14(9-19(15)25)13-4-6-17(7-5-13)33(27,31)32/h2-7,9,12,16,18,20-23,29H,8,10H2,1H3,(H,28,30)(H2,27,31,32)/t12-,16-,18+,20-,21-,22+,23-/m0/s1. The van der Waals surface area contributed by atoms with Crippen LogP contribution in [0, 0.1) is 40.8 Å². The third-order valence-electron chi connectivity index (χ3n) is 7.57. The van der Waals surface area contributed by atoms with Crippen molar-refractivity contribution in [2.75, 3.05) is 0 Å². The Morgan fingerprint density at radius 1 is 1.24 bits per heavy atom. The van der Waals surface area contributed by atoms with Crippen LogP contribution in [0.15, 0.2) is 47.4 Å². The van der Waals surface area contributed by atoms with Gasteiger partial charge in [0.1, 0.15) is 11.9 Å². The molecular formula is C24H25FN4O3S. The fourth-order valence-corrected chi connectivity index (χ4v) is 6.46. The summed E-state index contributed by atoms with van der Waals surface area (Å²) in [7, 11) is -3.80. The van der Waals surface area contributed by atoms with Crippen molar-refractivity contribution in [3.8, 4) is 17.2 Å². The lowest BCUT2D eigenvalue weighted by Gasteiger charge is -2.23. The second kappa shape index (κ2) is 7.90. The Balaban J connectivity index is 1.25. The number of amides is 1. The number of nitrogens with two attached hydrogens (primary N) is 1. The predicted octanol–water partition coefficient (Wildman–Crippen LogP) is 1.93. The summed E-state index contributed by atoms with van der Waals surface area (Å²) < 4.78 is 37.6. The molecule has 2 aromatic carbocycles. The largest absolute Gasteiger partial charge is 0.339 e. The van der Waals surface area contributed by atoms with Crippen LogP contribution in [0.5, 0.6) is 0 Å². The fourth-order valence-electron chi connectivity index (χ4n) is 5.94. The Labute approximate surface area is 192 Å². The van der Waals surface area contributed by atoms with Crippen LogP contribution >= 0.6 is 0 Å². The normalized spacial score (nSPS) is 30.4. The number of fused-ring (bicyclic) bond motifs is 5. The highest BCUT2D eigenvalue weighted by atomic mass is 32.2. The van der Waals surface area contributed by atoms with E-state index in [2.05, 4.69) is 23.6 Å². The molecule has 1 saturated heterocycles. The van der Waals surface area contributed by atoms with Gasteiger partial charge < -0.3 is 10.6 Å². The highest BCUT2D eigenvalue weighted by Gasteiger charge is 2.67. The van der Waals surface area contributed by atoms with Gasteiger partial charge in [0, 0.05) is 12.5 Å². The lowest BCUT2D eigenvalue weighted by Crippen LogP contribution is -2.51. The summed E-state index contributed by atoms with van der Waals surface area (Å²) in [6.07, 6.45) is 1.07. The summed E-state index contributed by atoms with van der Waals surface area (Å²) in [4.78, 5) is 12.8. The minimum Gasteiger partial charge on any atom is -0.339 e. The lowest BCUT2D eigenvalue weighted by molar-refractivity contribution is -0.124. The van der Waals surface area contributed by atoms with Gasteiger partial charge in [-0.1, -0.05) is 31.2 Å². The number of carbonyl (C=O) groups is 1. The molecule has 2 bridgehead atoms. The Morgan fingerprint density at radius 3 is 2.55 bits per heavy atom. The number of nitriles is 1. The third-order valence-corrected chi connectivity index (χ3v) is 8.50. The number of benzene rings is 2. The van der Waals surface area contributed by atoms with E-state index in [1.807, 2.05) is 0 Å². The van der Waals surface area contributed by atoms with E-state index in [-0.39, 0.29) is 23.3 Å². The van der Waals surface area contributed by atoms with Crippen molar-refractivity contribution in [1.82, 2.24) is 10.6 Å². The average Bonchev–Trinajstić information content (AvgIpc) is 3.13. The molecule has 5 rings (SSSR count). The number of halogens is 1. The highest BCUT2D eigenvalue weighted by Crippen LogP contribution is 2.64. The molecule has 0 aromatic heterocycles. The zero-order valence-electron chi connectivity index (χ0n) is 18.0. The van der Waals surface area contributed by atoms with Crippen LogP contribution in [0.2, 0.25) is 0 Å². The zero-order valence-corrected chi connectivity index (χ0v) is 18.8. The average molecular weight is 469 g/mol. The molecule has 4 N–H and O–H groups in total. The van der Waals surface area contributed by atoms with Crippen molar-refractivity contribution in [1.29, 1.82) is 5.26 Å². The van der Waals surface area contributed by atoms with Gasteiger partial charge in [0.2, 0.25) is 15.9 Å². The number of primary sulfonamides is 1. The van der Waals surface area contributed by atoms with Crippen molar-refractivity contribution in [3.05, 3.63) is 53.8 Å². The molecule has 1 amide bonds. The van der Waals surface area contributed by atoms with Gasteiger partial charge >= 0.3 is 0 Å². The fraction of sp³-hybridized carbons (Fsp3) is 0.417. The first-order valence-corrected chi connectivity index (χ1v) is 12.6. The minimum absolute atomic E-state index is 0.0208. The van der Waals surface area contributed by atoms with Gasteiger partial charge in [-0.05, 0) is 65.0 Å². The number of hydrogen-bond donors (Lipinski definition) is 3. The second-order valence-corrected chi connectivity index (χ2v) is 11.0. The van der Waals surface area contributed by atoms with Crippen LogP contribution < -0.4 is 15.8 Å². The molecule has 2 aliphatic carbocycles. The summed E-state index contributed by atoms with van der Waals surface area (Å²) in [5.74, 6) is 1.61. The van der Waals surface area contributed by atoms with Crippen molar-refractivity contribution in [2.45, 2.75) is 42.8 Å². The van der Waals surface area contributed by atoms with Gasteiger partial charge in [-0.25, -0.2) is 17.9 Å². The number of nitrogens with zero attached hydrogens (tertiary/aromatic N) is 1. The van der Waals surface area contributed by atoms with Crippen LogP contribution in [0.1, 0.15) is 18.9 Å². The first kappa shape index (κ1) is 22.0. The topological polar surface area (TPSA) is 125 Å². The van der Waals surface area contributed by atoms with E-state index in [0.717, 1.165) is 6.42 Å². The van der Waals surface area contributed by atoms with Crippen LogP contribution in [0.3, 0.4) is 0 Å². The molecule has 0 spiro atoms.